The number of fused-ring (bicyclic) bond motifs is 3. The van der Waals surface area contributed by atoms with Gasteiger partial charge in [0.25, 0.3) is 0 Å². The van der Waals surface area contributed by atoms with Crippen molar-refractivity contribution in [3.8, 4) is 51.0 Å². The summed E-state index contributed by atoms with van der Waals surface area (Å²) in [6, 6.07) is 27.3. The lowest BCUT2D eigenvalue weighted by Gasteiger charge is -2.34. The molecule has 3 aromatic carbocycles. The number of rotatable bonds is 21. The van der Waals surface area contributed by atoms with Crippen LogP contribution in [-0.2, 0) is 36.5 Å². The number of nitrogens with two attached hydrogens (primary N) is 1. The van der Waals surface area contributed by atoms with Crippen LogP contribution in [0.25, 0.3) is 33.8 Å². The minimum absolute atomic E-state index is 0. The second-order valence-electron chi connectivity index (χ2n) is 36.3. The molecule has 8 aromatic heterocycles. The van der Waals surface area contributed by atoms with E-state index in [0.29, 0.717) is 134 Å². The third-order valence-corrected chi connectivity index (χ3v) is 26.7. The Morgan fingerprint density at radius 1 is 0.386 bits per heavy atom. The molecule has 1 aliphatic carbocycles. The zero-order chi connectivity index (χ0) is 103. The van der Waals surface area contributed by atoms with Crippen LogP contribution in [0.1, 0.15) is 148 Å². The van der Waals surface area contributed by atoms with Crippen molar-refractivity contribution >= 4 is 97.2 Å². The Labute approximate surface area is 860 Å². The van der Waals surface area contributed by atoms with Crippen molar-refractivity contribution in [2.45, 2.75) is 187 Å². The fourth-order valence-electron chi connectivity index (χ4n) is 18.0. The van der Waals surface area contributed by atoms with E-state index in [1.54, 1.807) is 65.0 Å². The summed E-state index contributed by atoms with van der Waals surface area (Å²) in [6.45, 7) is 22.9. The summed E-state index contributed by atoms with van der Waals surface area (Å²) in [5.41, 5.74) is 14.2. The van der Waals surface area contributed by atoms with Crippen molar-refractivity contribution in [2.24, 2.45) is 0 Å². The number of benzene rings is 3. The molecular weight excluding hydrogens is 1990 g/mol. The normalized spacial score (nSPS) is 16.0. The molecule has 15 heterocycles. The maximum absolute atomic E-state index is 14.9. The van der Waals surface area contributed by atoms with Crippen LogP contribution in [0, 0.1) is 55.1 Å². The van der Waals surface area contributed by atoms with Crippen LogP contribution in [0.4, 0.5) is 83.6 Å². The second-order valence-corrected chi connectivity index (χ2v) is 37.6. The highest BCUT2D eigenvalue weighted by atomic mass is 79.9. The maximum Gasteiger partial charge on any atom is 0.363 e. The third kappa shape index (κ3) is 30.7. The Hall–Kier alpha value is -12.3. The molecule has 33 nitrogen and oxygen atoms in total. The fraction of sp³-hybridized carbons (Fsp3) is 0.466. The zero-order valence-corrected chi connectivity index (χ0v) is 86.5. The van der Waals surface area contributed by atoms with Crippen LogP contribution >= 0.6 is 39.9 Å². The summed E-state index contributed by atoms with van der Waals surface area (Å²) in [4.78, 5) is 80.0. The van der Waals surface area contributed by atoms with Crippen molar-refractivity contribution in [3.63, 3.8) is 0 Å². The number of hydrogen-bond acceptors (Lipinski definition) is 31. The number of ether oxygens (including phenoxy) is 8. The van der Waals surface area contributed by atoms with Crippen LogP contribution in [0.2, 0.25) is 5.28 Å². The van der Waals surface area contributed by atoms with Gasteiger partial charge in [0.15, 0.2) is 64.5 Å². The van der Waals surface area contributed by atoms with Gasteiger partial charge in [0, 0.05) is 146 Å². The molecule has 11 aromatic rings. The largest absolute Gasteiger partial charge is 0.486 e. The van der Waals surface area contributed by atoms with E-state index in [-0.39, 0.29) is 81.8 Å². The van der Waals surface area contributed by atoms with Crippen molar-refractivity contribution in [2.75, 3.05) is 167 Å². The smallest absolute Gasteiger partial charge is 0.363 e. The van der Waals surface area contributed by atoms with Gasteiger partial charge in [0.1, 0.15) is 54.4 Å². The SMILES string of the molecule is CC(C)N1CCOc2c(F)cc(-c3nc(Cl)ncc3F)cc21.COC1CCCCC1.COC1CCN(c2ccc(Cc3ncc(F)c(-c4cc(F)c5c(c4)N(C(C)C)CCO5)n3)nc2)CC1.COC1CCN(c2ccc(Cc3ncc(F)c(-c4cc(F)c5c(c4)N(C(C)C)CCO5)n3)nc2)CC1.COC1CCN(c2ccc(N)nc2)CC1.COC1CCN(c2ccc([N+](=O)[O-])nc2)CC1.Cl.O=[N+]([O-])c1ccc(Br)cn1. The minimum atomic E-state index is -0.656. The summed E-state index contributed by atoms with van der Waals surface area (Å²) < 4.78 is 132. The van der Waals surface area contributed by atoms with E-state index in [1.807, 2.05) is 109 Å². The van der Waals surface area contributed by atoms with Crippen molar-refractivity contribution in [1.82, 2.24) is 54.8 Å². The van der Waals surface area contributed by atoms with Crippen LogP contribution in [0.3, 0.4) is 0 Å². The molecular formula is C103H126BrCl2F6N21O12. The van der Waals surface area contributed by atoms with Gasteiger partial charge in [-0.05, 0) is 238 Å². The van der Waals surface area contributed by atoms with Gasteiger partial charge in [-0.15, -0.1) is 12.4 Å². The highest BCUT2D eigenvalue weighted by molar-refractivity contribution is 9.10. The summed E-state index contributed by atoms with van der Waals surface area (Å²) in [5, 5.41) is 20.4. The monoisotopic (exact) mass is 2110 g/mol. The Morgan fingerprint density at radius 3 is 0.986 bits per heavy atom. The molecule has 0 unspecified atom stereocenters. The van der Waals surface area contributed by atoms with E-state index in [0.717, 1.165) is 161 Å². The molecule has 8 aliphatic rings. The molecule has 19 rings (SSSR count). The standard InChI is InChI=1S/2C27H31F2N5O2.C15H14ClF2N3O.C11H15N3O3.C11H17N3O.C7H14O.C5H3BrN2O2.ClH/c2*1-17(2)34-10-11-36-27-22(28)12-18(13-24(27)34)26-23(29)16-31-25(32-26)14-19-4-5-20(15-30-19)33-8-6-21(35-3)7-9-33;1-8(2)21-3-4-22-14-10(17)5-9(6-12(14)21)13-11(18)7-19-15(16)20-13;1-17-10-4-6-13(7-5-10)9-2-3-11(12-8-9)14(15)16;1-15-10-4-6-14(7-5-10)9-2-3-11(12)13-8-9;1-8-7-5-3-2-4-6-7;6-4-1-2-5(7-3-4)8(9)10;/h2*4-5,12-13,15-17,21H,6-11,14H2,1-3H3;5-8H,3-4H2,1-2H3;2-3,8,10H,4-7H2,1H3;2-3,8,10H,4-7H2,1H3,(H2,12,13);7H,2-6H2,1H3;1-3H;1H. The van der Waals surface area contributed by atoms with E-state index in [4.69, 9.17) is 55.2 Å². The molecule has 2 N–H and O–H groups in total. The van der Waals surface area contributed by atoms with Gasteiger partial charge in [-0.3, -0.25) is 9.97 Å². The first-order valence-electron chi connectivity index (χ1n) is 48.5. The summed E-state index contributed by atoms with van der Waals surface area (Å²) in [5.74, 6) is -1.72. The Morgan fingerprint density at radius 2 is 0.697 bits per heavy atom. The van der Waals surface area contributed by atoms with Crippen molar-refractivity contribution in [1.29, 1.82) is 0 Å². The summed E-state index contributed by atoms with van der Waals surface area (Å²) in [6.07, 6.45) is 29.2. The van der Waals surface area contributed by atoms with Gasteiger partial charge >= 0.3 is 11.6 Å². The average molecular weight is 2120 g/mol. The quantitative estimate of drug-likeness (QED) is 0.0302. The van der Waals surface area contributed by atoms with Crippen LogP contribution in [0.5, 0.6) is 17.2 Å². The molecule has 42 heteroatoms. The number of nitrogens with zero attached hydrogens (tertiary/aromatic N) is 20. The van der Waals surface area contributed by atoms with Gasteiger partial charge in [-0.1, -0.05) is 19.3 Å². The summed E-state index contributed by atoms with van der Waals surface area (Å²) >= 11 is 8.82. The average Bonchev–Trinajstić information content (AvgIpc) is 0.797. The van der Waals surface area contributed by atoms with Gasteiger partial charge in [-0.2, -0.15) is 0 Å². The lowest BCUT2D eigenvalue weighted by Crippen LogP contribution is -2.38. The molecule has 778 valence electrons. The molecule has 0 spiro atoms. The van der Waals surface area contributed by atoms with Crippen molar-refractivity contribution < 1.29 is 74.1 Å². The van der Waals surface area contributed by atoms with E-state index in [9.17, 15) is 46.6 Å². The van der Waals surface area contributed by atoms with Crippen LogP contribution < -0.4 is 54.2 Å². The second kappa shape index (κ2) is 54.2. The van der Waals surface area contributed by atoms with Gasteiger partial charge in [-0.25, -0.2) is 61.2 Å². The first-order valence-corrected chi connectivity index (χ1v) is 49.6. The number of hydrogen-bond donors (Lipinski definition) is 1. The molecule has 5 fully saturated rings. The number of methoxy groups -OCH3 is 5. The number of nitrogen functional groups attached to an aromatic ring is 1. The molecule has 4 saturated heterocycles. The molecule has 0 radical (unpaired) electrons. The summed E-state index contributed by atoms with van der Waals surface area (Å²) in [7, 11) is 8.85. The van der Waals surface area contributed by atoms with Gasteiger partial charge < -0.3 is 98.2 Å². The Kier molecular flexibility index (Phi) is 41.7. The minimum Gasteiger partial charge on any atom is -0.486 e. The predicted molar refractivity (Wildman–Crippen MR) is 553 cm³/mol. The molecule has 0 amide bonds. The predicted octanol–water partition coefficient (Wildman–Crippen LogP) is 20.0. The fourth-order valence-corrected chi connectivity index (χ4v) is 18.4. The molecule has 145 heavy (non-hydrogen) atoms. The number of anilines is 8. The third-order valence-electron chi connectivity index (χ3n) is 26.1. The van der Waals surface area contributed by atoms with E-state index in [1.165, 1.54) is 68.6 Å². The topological polar surface area (TPSA) is 351 Å². The number of halogens is 9. The van der Waals surface area contributed by atoms with Gasteiger partial charge in [0.2, 0.25) is 5.28 Å². The van der Waals surface area contributed by atoms with E-state index >= 15 is 0 Å². The van der Waals surface area contributed by atoms with Crippen molar-refractivity contribution in [3.05, 3.63) is 235 Å². The lowest BCUT2D eigenvalue weighted by molar-refractivity contribution is -0.389. The number of piperidine rings is 4. The van der Waals surface area contributed by atoms with Crippen LogP contribution in [-0.4, -0.2) is 241 Å². The van der Waals surface area contributed by atoms with Crippen LogP contribution in [0.15, 0.2) is 151 Å². The molecule has 0 bridgehead atoms. The maximum atomic E-state index is 14.9. The number of aromatic nitrogens is 11. The van der Waals surface area contributed by atoms with E-state index in [2.05, 4.69) is 100 Å². The Balaban J connectivity index is 0.000000159. The highest BCUT2D eigenvalue weighted by Crippen LogP contribution is 2.44. The Bertz CT molecular complexity index is 5800. The van der Waals surface area contributed by atoms with Gasteiger partial charge in [0.05, 0.1) is 144 Å². The molecule has 0 atom stereocenters. The first kappa shape index (κ1) is 111. The molecule has 1 saturated carbocycles. The highest BCUT2D eigenvalue weighted by Gasteiger charge is 2.33. The zero-order valence-electron chi connectivity index (χ0n) is 83.3. The molecule has 7 aliphatic heterocycles. The lowest BCUT2D eigenvalue weighted by atomic mass is 9.98. The first-order chi connectivity index (χ1) is 69.4. The van der Waals surface area contributed by atoms with E-state index < -0.39 is 44.7 Å². The number of pyridine rings is 5. The number of nitro groups is 2.